The lowest BCUT2D eigenvalue weighted by Crippen LogP contribution is -2.32. The molecule has 7 nitrogen and oxygen atoms in total. The number of nitrogens with one attached hydrogen (secondary N) is 1. The third-order valence-corrected chi connectivity index (χ3v) is 6.14. The van der Waals surface area contributed by atoms with Crippen molar-refractivity contribution < 1.29 is 19.4 Å². The minimum atomic E-state index is -0.651. The summed E-state index contributed by atoms with van der Waals surface area (Å²) in [5.74, 6) is -0.613. The van der Waals surface area contributed by atoms with Gasteiger partial charge in [0.15, 0.2) is 0 Å². The molecule has 178 valence electrons. The van der Waals surface area contributed by atoms with Crippen LogP contribution in [-0.4, -0.2) is 65.4 Å². The minimum Gasteiger partial charge on any atom is -0.507 e. The van der Waals surface area contributed by atoms with Crippen LogP contribution in [-0.2, 0) is 9.59 Å². The fraction of sp³-hybridized carbons (Fsp3) is 0.462. The molecule has 0 spiro atoms. The van der Waals surface area contributed by atoms with Crippen molar-refractivity contribution in [1.82, 2.24) is 14.8 Å². The van der Waals surface area contributed by atoms with Gasteiger partial charge in [0.05, 0.1) is 18.2 Å². The molecule has 1 fully saturated rings. The van der Waals surface area contributed by atoms with Crippen molar-refractivity contribution in [3.63, 3.8) is 0 Å². The summed E-state index contributed by atoms with van der Waals surface area (Å²) < 4.78 is 5.69. The zero-order chi connectivity index (χ0) is 24.3. The highest BCUT2D eigenvalue weighted by Crippen LogP contribution is 2.41. The van der Waals surface area contributed by atoms with Crippen molar-refractivity contribution in [1.29, 1.82) is 0 Å². The molecule has 1 saturated heterocycles. The number of H-pyrrole nitrogens is 1. The molecule has 0 saturated carbocycles. The molecular weight excluding hydrogens is 418 g/mol. The summed E-state index contributed by atoms with van der Waals surface area (Å²) in [6, 6.07) is 6.79. The maximum absolute atomic E-state index is 13.2. The maximum Gasteiger partial charge on any atom is 0.295 e. The summed E-state index contributed by atoms with van der Waals surface area (Å²) in [4.78, 5) is 33.1. The third-order valence-electron chi connectivity index (χ3n) is 6.14. The minimum absolute atomic E-state index is 0.126. The first-order chi connectivity index (χ1) is 15.7. The van der Waals surface area contributed by atoms with Crippen LogP contribution in [0.5, 0.6) is 5.75 Å². The molecule has 33 heavy (non-hydrogen) atoms. The van der Waals surface area contributed by atoms with Crippen LogP contribution in [0.2, 0.25) is 0 Å². The van der Waals surface area contributed by atoms with Gasteiger partial charge in [-0.05, 0) is 77.5 Å². The van der Waals surface area contributed by atoms with Gasteiger partial charge in [-0.3, -0.25) is 9.59 Å². The number of aryl methyl sites for hydroxylation is 2. The Hall–Kier alpha value is -3.06. The number of ketones is 1. The summed E-state index contributed by atoms with van der Waals surface area (Å²) in [5.41, 5.74) is 4.05. The normalized spacial score (nSPS) is 17.9. The van der Waals surface area contributed by atoms with Crippen LogP contribution in [0.1, 0.15) is 53.9 Å². The second-order valence-electron chi connectivity index (χ2n) is 8.94. The lowest BCUT2D eigenvalue weighted by Gasteiger charge is -2.26. The molecule has 1 aromatic heterocycles. The highest BCUT2D eigenvalue weighted by Gasteiger charge is 2.46. The van der Waals surface area contributed by atoms with Crippen LogP contribution in [0.15, 0.2) is 29.8 Å². The second-order valence-corrected chi connectivity index (χ2v) is 8.94. The predicted octanol–water partition coefficient (Wildman–Crippen LogP) is 4.10. The number of rotatable bonds is 9. The summed E-state index contributed by atoms with van der Waals surface area (Å²) in [5, 5.41) is 11.3. The van der Waals surface area contributed by atoms with Gasteiger partial charge >= 0.3 is 0 Å². The van der Waals surface area contributed by atoms with Crippen molar-refractivity contribution in [3.8, 4) is 5.75 Å². The van der Waals surface area contributed by atoms with E-state index in [0.717, 1.165) is 47.7 Å². The molecule has 2 heterocycles. The number of carbonyl (C=O) groups is 2. The SMILES string of the molecule is CCCOc1ccc(C2/C(=C(\O)c3c(C)[nH]c(C)c3C)C(=O)C(=O)N2CCCN(C)C)cc1. The molecule has 2 N–H and O–H groups in total. The zero-order valence-corrected chi connectivity index (χ0v) is 20.5. The highest BCUT2D eigenvalue weighted by atomic mass is 16.5. The van der Waals surface area contributed by atoms with Crippen molar-refractivity contribution in [2.45, 2.75) is 46.6 Å². The van der Waals surface area contributed by atoms with E-state index in [4.69, 9.17) is 4.74 Å². The molecule has 0 bridgehead atoms. The van der Waals surface area contributed by atoms with E-state index in [1.54, 1.807) is 4.90 Å². The molecule has 1 amide bonds. The van der Waals surface area contributed by atoms with Crippen LogP contribution >= 0.6 is 0 Å². The smallest absolute Gasteiger partial charge is 0.295 e. The number of likely N-dealkylation sites (tertiary alicyclic amines) is 1. The van der Waals surface area contributed by atoms with Gasteiger partial charge in [-0.15, -0.1) is 0 Å². The number of benzene rings is 1. The van der Waals surface area contributed by atoms with E-state index in [0.29, 0.717) is 18.7 Å². The summed E-state index contributed by atoms with van der Waals surface area (Å²) >= 11 is 0. The van der Waals surface area contributed by atoms with E-state index in [1.165, 1.54) is 0 Å². The standard InChI is InChI=1S/C26H35N3O4/c1-7-15-33-20-11-9-19(10-12-20)23-22(24(30)21-16(2)17(3)27-18(21)4)25(31)26(32)29(23)14-8-13-28(5)6/h9-12,23,27,30H,7-8,13-15H2,1-6H3/b24-22+. The molecule has 1 aliphatic rings. The number of aliphatic hydroxyl groups is 1. The van der Waals surface area contributed by atoms with Crippen molar-refractivity contribution in [2.24, 2.45) is 0 Å². The molecule has 0 radical (unpaired) electrons. The Kier molecular flexibility index (Phi) is 7.64. The van der Waals surface area contributed by atoms with Crippen LogP contribution in [0.4, 0.5) is 0 Å². The van der Waals surface area contributed by atoms with Crippen LogP contribution < -0.4 is 4.74 Å². The van der Waals surface area contributed by atoms with E-state index in [-0.39, 0.29) is 11.3 Å². The van der Waals surface area contributed by atoms with Crippen LogP contribution in [0.25, 0.3) is 5.76 Å². The topological polar surface area (TPSA) is 85.9 Å². The lowest BCUT2D eigenvalue weighted by atomic mass is 9.94. The Labute approximate surface area is 196 Å². The van der Waals surface area contributed by atoms with E-state index in [1.807, 2.05) is 71.0 Å². The Balaban J connectivity index is 2.09. The van der Waals surface area contributed by atoms with Crippen molar-refractivity contribution >= 4 is 17.4 Å². The zero-order valence-electron chi connectivity index (χ0n) is 20.5. The number of aromatic nitrogens is 1. The Bertz CT molecular complexity index is 1050. The highest BCUT2D eigenvalue weighted by molar-refractivity contribution is 6.46. The van der Waals surface area contributed by atoms with Gasteiger partial charge in [-0.1, -0.05) is 19.1 Å². The second kappa shape index (κ2) is 10.3. The number of nitrogens with zero attached hydrogens (tertiary/aromatic N) is 2. The first-order valence-corrected chi connectivity index (χ1v) is 11.5. The van der Waals surface area contributed by atoms with E-state index >= 15 is 0 Å². The number of amides is 1. The van der Waals surface area contributed by atoms with E-state index in [9.17, 15) is 14.7 Å². The molecule has 7 heteroatoms. The van der Waals surface area contributed by atoms with E-state index < -0.39 is 17.7 Å². The molecule has 1 aromatic carbocycles. The number of aliphatic hydroxyl groups excluding tert-OH is 1. The van der Waals surface area contributed by atoms with Crippen molar-refractivity contribution in [2.75, 3.05) is 33.8 Å². The van der Waals surface area contributed by atoms with Gasteiger partial charge in [-0.2, -0.15) is 0 Å². The maximum atomic E-state index is 13.2. The Morgan fingerprint density at radius 1 is 1.12 bits per heavy atom. The molecule has 2 aromatic rings. The van der Waals surface area contributed by atoms with Gasteiger partial charge in [0.1, 0.15) is 11.5 Å². The average Bonchev–Trinajstić information content (AvgIpc) is 3.18. The lowest BCUT2D eigenvalue weighted by molar-refractivity contribution is -0.139. The van der Waals surface area contributed by atoms with Crippen LogP contribution in [0.3, 0.4) is 0 Å². The quantitative estimate of drug-likeness (QED) is 0.339. The average molecular weight is 454 g/mol. The summed E-state index contributed by atoms with van der Waals surface area (Å²) in [6.45, 7) is 9.55. The van der Waals surface area contributed by atoms with Gasteiger partial charge in [0, 0.05) is 23.5 Å². The van der Waals surface area contributed by atoms with Crippen LogP contribution in [0, 0.1) is 20.8 Å². The Morgan fingerprint density at radius 2 is 1.79 bits per heavy atom. The van der Waals surface area contributed by atoms with Gasteiger partial charge in [-0.25, -0.2) is 0 Å². The monoisotopic (exact) mass is 453 g/mol. The molecule has 1 unspecified atom stereocenters. The van der Waals surface area contributed by atoms with Crippen molar-refractivity contribution in [3.05, 3.63) is 57.9 Å². The first kappa shape index (κ1) is 24.6. The molecule has 1 atom stereocenters. The summed E-state index contributed by atoms with van der Waals surface area (Å²) in [6.07, 6.45) is 1.62. The number of carbonyl (C=O) groups excluding carboxylic acids is 2. The summed E-state index contributed by atoms with van der Waals surface area (Å²) in [7, 11) is 3.95. The molecule has 3 rings (SSSR count). The fourth-order valence-corrected chi connectivity index (χ4v) is 4.38. The van der Waals surface area contributed by atoms with Gasteiger partial charge in [0.2, 0.25) is 0 Å². The Morgan fingerprint density at radius 3 is 2.33 bits per heavy atom. The van der Waals surface area contributed by atoms with E-state index in [2.05, 4.69) is 4.98 Å². The third kappa shape index (κ3) is 4.98. The number of Topliss-reactive ketones (excluding diaryl/α,β-unsaturated/α-hetero) is 1. The molecular formula is C26H35N3O4. The predicted molar refractivity (Wildman–Crippen MR) is 129 cm³/mol. The van der Waals surface area contributed by atoms with Gasteiger partial charge < -0.3 is 24.6 Å². The van der Waals surface area contributed by atoms with Gasteiger partial charge in [0.25, 0.3) is 11.7 Å². The number of aromatic amines is 1. The number of hydrogen-bond acceptors (Lipinski definition) is 5. The number of ether oxygens (including phenoxy) is 1. The first-order valence-electron chi connectivity index (χ1n) is 11.5. The number of hydrogen-bond donors (Lipinski definition) is 2. The molecule has 1 aliphatic heterocycles. The molecule has 0 aliphatic carbocycles. The fourth-order valence-electron chi connectivity index (χ4n) is 4.38. The largest absolute Gasteiger partial charge is 0.507 e.